The quantitative estimate of drug-likeness (QED) is 0.693. The molecule has 3 heteroatoms. The van der Waals surface area contributed by atoms with E-state index in [-0.39, 0.29) is 11.3 Å². The summed E-state index contributed by atoms with van der Waals surface area (Å²) in [6.07, 6.45) is 7.83. The fourth-order valence-electron chi connectivity index (χ4n) is 1.29. The van der Waals surface area contributed by atoms with Crippen LogP contribution in [-0.4, -0.2) is 16.5 Å². The molecule has 1 amide bonds. The molecule has 0 heterocycles. The van der Waals surface area contributed by atoms with Gasteiger partial charge in [-0.2, -0.15) is 0 Å². The molecule has 0 aromatic heterocycles. The molecule has 0 aromatic carbocycles. The molecule has 0 aromatic rings. The van der Waals surface area contributed by atoms with Gasteiger partial charge in [0, 0.05) is 11.3 Å². The van der Waals surface area contributed by atoms with Crippen molar-refractivity contribution in [3.8, 4) is 0 Å². The Morgan fingerprint density at radius 1 is 1.62 bits per heavy atom. The summed E-state index contributed by atoms with van der Waals surface area (Å²) in [6, 6.07) is 0.243. The van der Waals surface area contributed by atoms with Crippen LogP contribution in [-0.2, 0) is 0 Å². The van der Waals surface area contributed by atoms with E-state index in [9.17, 15) is 4.79 Å². The Morgan fingerprint density at radius 2 is 2.38 bits per heavy atom. The summed E-state index contributed by atoms with van der Waals surface area (Å²) in [4.78, 5) is 11.3. The number of allylic oxidation sites excluding steroid dienone is 1. The van der Waals surface area contributed by atoms with Gasteiger partial charge in [-0.05, 0) is 33.1 Å². The number of carbonyl (C=O) groups excluding carboxylic acids is 1. The molecule has 1 aliphatic rings. The van der Waals surface area contributed by atoms with Gasteiger partial charge in [0.05, 0.1) is 0 Å². The largest absolute Gasteiger partial charge is 0.345 e. The third kappa shape index (κ3) is 4.36. The number of thioether (sulfide) groups is 1. The maximum Gasteiger partial charge on any atom is 0.279 e. The van der Waals surface area contributed by atoms with Crippen LogP contribution in [0.5, 0.6) is 0 Å². The molecule has 0 aliphatic heterocycles. The Hall–Kier alpha value is -0.440. The minimum Gasteiger partial charge on any atom is -0.345 e. The lowest BCUT2D eigenvalue weighted by Crippen LogP contribution is -2.28. The van der Waals surface area contributed by atoms with E-state index in [1.807, 2.05) is 13.8 Å². The molecular weight excluding hydrogens is 182 g/mol. The van der Waals surface area contributed by atoms with Gasteiger partial charge in [0.2, 0.25) is 0 Å². The predicted molar refractivity (Wildman–Crippen MR) is 58.0 cm³/mol. The summed E-state index contributed by atoms with van der Waals surface area (Å²) in [7, 11) is 0. The number of hydrogen-bond acceptors (Lipinski definition) is 2. The molecule has 1 atom stereocenters. The van der Waals surface area contributed by atoms with Gasteiger partial charge in [-0.3, -0.25) is 4.79 Å². The highest BCUT2D eigenvalue weighted by Gasteiger charge is 2.13. The van der Waals surface area contributed by atoms with Crippen molar-refractivity contribution in [3.05, 3.63) is 12.2 Å². The highest BCUT2D eigenvalue weighted by atomic mass is 32.2. The van der Waals surface area contributed by atoms with Crippen LogP contribution >= 0.6 is 11.8 Å². The Labute approximate surface area is 84.2 Å². The standard InChI is InChI=1S/C10H17NOS/c1-8(2)11-10(12)13-9-6-4-3-5-7-9/h4,6,8-9H,3,5,7H2,1-2H3,(H,11,12)/t9-/m1/s1. The molecule has 1 rings (SSSR count). The van der Waals surface area contributed by atoms with Crippen LogP contribution in [0.25, 0.3) is 0 Å². The smallest absolute Gasteiger partial charge is 0.279 e. The molecule has 0 spiro atoms. The summed E-state index contributed by atoms with van der Waals surface area (Å²) < 4.78 is 0. The Bertz CT molecular complexity index is 201. The predicted octanol–water partition coefficient (Wildman–Crippen LogP) is 2.95. The molecule has 0 saturated heterocycles. The summed E-state index contributed by atoms with van der Waals surface area (Å²) >= 11 is 1.41. The van der Waals surface area contributed by atoms with E-state index in [1.54, 1.807) is 0 Å². The topological polar surface area (TPSA) is 29.1 Å². The van der Waals surface area contributed by atoms with Crippen molar-refractivity contribution in [2.24, 2.45) is 0 Å². The third-order valence-corrected chi connectivity index (χ3v) is 2.90. The number of rotatable bonds is 2. The lowest BCUT2D eigenvalue weighted by molar-refractivity contribution is 0.258. The van der Waals surface area contributed by atoms with Gasteiger partial charge >= 0.3 is 0 Å². The monoisotopic (exact) mass is 199 g/mol. The van der Waals surface area contributed by atoms with Crippen molar-refractivity contribution in [2.45, 2.75) is 44.4 Å². The average Bonchev–Trinajstić information content (AvgIpc) is 2.04. The second-order valence-electron chi connectivity index (χ2n) is 3.60. The first-order valence-electron chi connectivity index (χ1n) is 4.82. The molecule has 74 valence electrons. The summed E-state index contributed by atoms with van der Waals surface area (Å²) in [5, 5.41) is 3.38. The number of hydrogen-bond donors (Lipinski definition) is 1. The van der Waals surface area contributed by atoms with Crippen molar-refractivity contribution >= 4 is 17.0 Å². The minimum atomic E-state index is 0.103. The first-order chi connectivity index (χ1) is 6.18. The van der Waals surface area contributed by atoms with E-state index < -0.39 is 0 Å². The van der Waals surface area contributed by atoms with Crippen LogP contribution in [0, 0.1) is 0 Å². The van der Waals surface area contributed by atoms with Gasteiger partial charge in [-0.1, -0.05) is 23.9 Å². The van der Waals surface area contributed by atoms with Gasteiger partial charge in [0.25, 0.3) is 5.24 Å². The van der Waals surface area contributed by atoms with Gasteiger partial charge in [-0.15, -0.1) is 0 Å². The zero-order valence-corrected chi connectivity index (χ0v) is 9.06. The van der Waals surface area contributed by atoms with Crippen LogP contribution in [0.4, 0.5) is 4.79 Å². The molecule has 0 saturated carbocycles. The molecule has 0 bridgehead atoms. The minimum absolute atomic E-state index is 0.103. The summed E-state index contributed by atoms with van der Waals surface area (Å²) in [5.41, 5.74) is 0. The van der Waals surface area contributed by atoms with Crippen molar-refractivity contribution in [2.75, 3.05) is 0 Å². The van der Waals surface area contributed by atoms with Crippen molar-refractivity contribution in [1.82, 2.24) is 5.32 Å². The van der Waals surface area contributed by atoms with E-state index >= 15 is 0 Å². The van der Waals surface area contributed by atoms with Crippen LogP contribution in [0.15, 0.2) is 12.2 Å². The SMILES string of the molecule is CC(C)NC(=O)S[C@@H]1C=CCCC1. The maximum absolute atomic E-state index is 11.3. The van der Waals surface area contributed by atoms with E-state index in [0.29, 0.717) is 5.25 Å². The van der Waals surface area contributed by atoms with Gasteiger partial charge in [-0.25, -0.2) is 0 Å². The van der Waals surface area contributed by atoms with Gasteiger partial charge in [0.15, 0.2) is 0 Å². The van der Waals surface area contributed by atoms with Gasteiger partial charge in [0.1, 0.15) is 0 Å². The Morgan fingerprint density at radius 3 is 2.92 bits per heavy atom. The Kier molecular flexibility index (Phi) is 4.36. The van der Waals surface area contributed by atoms with Crippen LogP contribution in [0.2, 0.25) is 0 Å². The first kappa shape index (κ1) is 10.6. The lowest BCUT2D eigenvalue weighted by Gasteiger charge is -2.15. The third-order valence-electron chi connectivity index (χ3n) is 1.88. The molecule has 13 heavy (non-hydrogen) atoms. The van der Waals surface area contributed by atoms with Crippen LogP contribution < -0.4 is 5.32 Å². The fraction of sp³-hybridized carbons (Fsp3) is 0.700. The molecule has 0 fully saturated rings. The normalized spacial score (nSPS) is 21.9. The van der Waals surface area contributed by atoms with E-state index in [1.165, 1.54) is 24.6 Å². The highest BCUT2D eigenvalue weighted by molar-refractivity contribution is 8.14. The average molecular weight is 199 g/mol. The molecule has 0 unspecified atom stereocenters. The van der Waals surface area contributed by atoms with Crippen molar-refractivity contribution < 1.29 is 4.79 Å². The molecule has 1 N–H and O–H groups in total. The zero-order chi connectivity index (χ0) is 9.68. The number of nitrogens with one attached hydrogen (secondary N) is 1. The van der Waals surface area contributed by atoms with Crippen molar-refractivity contribution in [1.29, 1.82) is 0 Å². The van der Waals surface area contributed by atoms with E-state index in [0.717, 1.165) is 6.42 Å². The molecule has 0 radical (unpaired) electrons. The van der Waals surface area contributed by atoms with E-state index in [4.69, 9.17) is 0 Å². The first-order valence-corrected chi connectivity index (χ1v) is 5.70. The lowest BCUT2D eigenvalue weighted by atomic mass is 10.1. The molecular formula is C10H17NOS. The maximum atomic E-state index is 11.3. The second kappa shape index (κ2) is 5.32. The van der Waals surface area contributed by atoms with Crippen molar-refractivity contribution in [3.63, 3.8) is 0 Å². The van der Waals surface area contributed by atoms with Crippen LogP contribution in [0.3, 0.4) is 0 Å². The zero-order valence-electron chi connectivity index (χ0n) is 8.25. The molecule has 2 nitrogen and oxygen atoms in total. The second-order valence-corrected chi connectivity index (χ2v) is 4.81. The molecule has 1 aliphatic carbocycles. The van der Waals surface area contributed by atoms with Gasteiger partial charge < -0.3 is 5.32 Å². The summed E-state index contributed by atoms with van der Waals surface area (Å²) in [6.45, 7) is 3.96. The fourth-order valence-corrected chi connectivity index (χ4v) is 2.34. The van der Waals surface area contributed by atoms with E-state index in [2.05, 4.69) is 17.5 Å². The summed E-state index contributed by atoms with van der Waals surface area (Å²) in [5.74, 6) is 0. The van der Waals surface area contributed by atoms with Crippen LogP contribution in [0.1, 0.15) is 33.1 Å². The number of carbonyl (C=O) groups is 1. The highest BCUT2D eigenvalue weighted by Crippen LogP contribution is 2.23. The Balaban J connectivity index is 2.26. The number of amides is 1.